The molecule has 0 atom stereocenters. The molecular formula is C12H22N2O3. The quantitative estimate of drug-likeness (QED) is 0.643. The van der Waals surface area contributed by atoms with Gasteiger partial charge in [-0.1, -0.05) is 12.2 Å². The van der Waals surface area contributed by atoms with Crippen molar-refractivity contribution in [3.63, 3.8) is 0 Å². The smallest absolute Gasteiger partial charge is 0.315 e. The molecule has 0 radical (unpaired) electrons. The van der Waals surface area contributed by atoms with Crippen LogP contribution in [-0.4, -0.2) is 29.2 Å². The third-order valence-corrected chi connectivity index (χ3v) is 3.07. The lowest BCUT2D eigenvalue weighted by Gasteiger charge is -2.38. The fourth-order valence-corrected chi connectivity index (χ4v) is 0.983. The molecule has 0 aliphatic heterocycles. The van der Waals surface area contributed by atoms with Crippen molar-refractivity contribution in [1.29, 1.82) is 0 Å². The summed E-state index contributed by atoms with van der Waals surface area (Å²) in [5, 5.41) is 14.4. The van der Waals surface area contributed by atoms with Crippen LogP contribution in [0.4, 0.5) is 4.79 Å². The lowest BCUT2D eigenvalue weighted by atomic mass is 9.74. The minimum atomic E-state index is -1.06. The number of urea groups is 1. The zero-order valence-corrected chi connectivity index (χ0v) is 11.2. The lowest BCUT2D eigenvalue weighted by Crippen LogP contribution is -2.59. The molecule has 0 aromatic rings. The molecule has 3 N–H and O–H groups in total. The fraction of sp³-hybridized carbons (Fsp3) is 0.667. The summed E-state index contributed by atoms with van der Waals surface area (Å²) in [5.41, 5.74) is -1.10. The van der Waals surface area contributed by atoms with Gasteiger partial charge in [0.15, 0.2) is 0 Å². The van der Waals surface area contributed by atoms with E-state index < -0.39 is 23.0 Å². The molecule has 0 unspecified atom stereocenters. The first-order valence-corrected chi connectivity index (χ1v) is 5.44. The molecule has 5 nitrogen and oxygen atoms in total. The molecule has 0 heterocycles. The third kappa shape index (κ3) is 4.09. The van der Waals surface area contributed by atoms with Crippen LogP contribution in [0.2, 0.25) is 0 Å². The molecule has 0 spiro atoms. The van der Waals surface area contributed by atoms with E-state index in [9.17, 15) is 9.59 Å². The Bertz CT molecular complexity index is 333. The SMILES string of the molecule is C=C(C)CNC(=O)NC(C)(C)C(C)(C)C(=O)O. The summed E-state index contributed by atoms with van der Waals surface area (Å²) in [7, 11) is 0. The molecule has 0 saturated carbocycles. The largest absolute Gasteiger partial charge is 0.481 e. The van der Waals surface area contributed by atoms with Crippen LogP contribution in [0.1, 0.15) is 34.6 Å². The van der Waals surface area contributed by atoms with Crippen molar-refractivity contribution in [3.05, 3.63) is 12.2 Å². The normalized spacial score (nSPS) is 11.8. The van der Waals surface area contributed by atoms with E-state index in [0.717, 1.165) is 5.57 Å². The van der Waals surface area contributed by atoms with Gasteiger partial charge in [0.05, 0.1) is 11.0 Å². The van der Waals surface area contributed by atoms with Crippen molar-refractivity contribution in [2.75, 3.05) is 6.54 Å². The van der Waals surface area contributed by atoms with E-state index in [2.05, 4.69) is 17.2 Å². The molecule has 0 bridgehead atoms. The highest BCUT2D eigenvalue weighted by Gasteiger charge is 2.44. The number of hydrogen-bond donors (Lipinski definition) is 3. The van der Waals surface area contributed by atoms with Crippen LogP contribution < -0.4 is 10.6 Å². The molecule has 17 heavy (non-hydrogen) atoms. The maximum absolute atomic E-state index is 11.6. The molecule has 0 aliphatic rings. The number of carbonyl (C=O) groups excluding carboxylic acids is 1. The summed E-state index contributed by atoms with van der Waals surface area (Å²) in [6, 6.07) is -0.396. The number of carboxylic acids is 1. The first-order valence-electron chi connectivity index (χ1n) is 5.44. The molecule has 0 aromatic carbocycles. The first-order chi connectivity index (χ1) is 7.50. The predicted octanol–water partition coefficient (Wildman–Crippen LogP) is 1.75. The van der Waals surface area contributed by atoms with Gasteiger partial charge in [-0.2, -0.15) is 0 Å². The zero-order chi connectivity index (χ0) is 13.9. The van der Waals surface area contributed by atoms with Crippen LogP contribution in [0, 0.1) is 5.41 Å². The number of aliphatic carboxylic acids is 1. The van der Waals surface area contributed by atoms with Crippen molar-refractivity contribution >= 4 is 12.0 Å². The van der Waals surface area contributed by atoms with Crippen LogP contribution >= 0.6 is 0 Å². The zero-order valence-electron chi connectivity index (χ0n) is 11.2. The molecule has 0 aromatic heterocycles. The Kier molecular flexibility index (Phi) is 4.74. The maximum Gasteiger partial charge on any atom is 0.315 e. The van der Waals surface area contributed by atoms with Crippen LogP contribution in [0.5, 0.6) is 0 Å². The van der Waals surface area contributed by atoms with Crippen LogP contribution in [0.25, 0.3) is 0 Å². The van der Waals surface area contributed by atoms with E-state index in [1.165, 1.54) is 0 Å². The Morgan fingerprint density at radius 2 is 1.71 bits per heavy atom. The number of nitrogens with one attached hydrogen (secondary N) is 2. The summed E-state index contributed by atoms with van der Waals surface area (Å²) >= 11 is 0. The van der Waals surface area contributed by atoms with Gasteiger partial charge in [-0.05, 0) is 34.6 Å². The summed E-state index contributed by atoms with van der Waals surface area (Å²) < 4.78 is 0. The van der Waals surface area contributed by atoms with Crippen LogP contribution in [0.15, 0.2) is 12.2 Å². The van der Waals surface area contributed by atoms with Crippen molar-refractivity contribution in [3.8, 4) is 0 Å². The highest BCUT2D eigenvalue weighted by atomic mass is 16.4. The Morgan fingerprint density at radius 3 is 2.06 bits per heavy atom. The Morgan fingerprint density at radius 1 is 1.24 bits per heavy atom. The van der Waals surface area contributed by atoms with Gasteiger partial charge in [0.2, 0.25) is 0 Å². The minimum Gasteiger partial charge on any atom is -0.481 e. The topological polar surface area (TPSA) is 78.4 Å². The van der Waals surface area contributed by atoms with Crippen molar-refractivity contribution < 1.29 is 14.7 Å². The average molecular weight is 242 g/mol. The number of carbonyl (C=O) groups is 2. The average Bonchev–Trinajstić information content (AvgIpc) is 2.13. The van der Waals surface area contributed by atoms with Gasteiger partial charge in [-0.15, -0.1) is 0 Å². The second-order valence-electron chi connectivity index (χ2n) is 5.32. The Balaban J connectivity index is 4.60. The number of hydrogen-bond acceptors (Lipinski definition) is 2. The lowest BCUT2D eigenvalue weighted by molar-refractivity contribution is -0.150. The standard InChI is InChI=1S/C12H22N2O3/c1-8(2)7-13-10(17)14-12(5,6)11(3,4)9(15)16/h1,7H2,2-6H3,(H,15,16)(H2,13,14,17). The highest BCUT2D eigenvalue weighted by Crippen LogP contribution is 2.30. The van der Waals surface area contributed by atoms with Crippen molar-refractivity contribution in [2.45, 2.75) is 40.2 Å². The second kappa shape index (κ2) is 5.21. The van der Waals surface area contributed by atoms with E-state index >= 15 is 0 Å². The molecule has 0 rings (SSSR count). The van der Waals surface area contributed by atoms with Gasteiger partial charge in [-0.25, -0.2) is 4.79 Å². The molecule has 5 heteroatoms. The van der Waals surface area contributed by atoms with Gasteiger partial charge in [0, 0.05) is 6.54 Å². The Hall–Kier alpha value is -1.52. The summed E-state index contributed by atoms with van der Waals surface area (Å²) in [6.07, 6.45) is 0. The molecule has 98 valence electrons. The predicted molar refractivity (Wildman–Crippen MR) is 66.8 cm³/mol. The number of rotatable bonds is 5. The Labute approximate surface area is 102 Å². The van der Waals surface area contributed by atoms with Gasteiger partial charge in [-0.3, -0.25) is 4.79 Å². The van der Waals surface area contributed by atoms with E-state index in [1.54, 1.807) is 34.6 Å². The summed E-state index contributed by atoms with van der Waals surface area (Å²) in [6.45, 7) is 12.4. The van der Waals surface area contributed by atoms with Gasteiger partial charge < -0.3 is 15.7 Å². The summed E-state index contributed by atoms with van der Waals surface area (Å²) in [5.74, 6) is -0.956. The van der Waals surface area contributed by atoms with Crippen LogP contribution in [0.3, 0.4) is 0 Å². The number of amides is 2. The second-order valence-corrected chi connectivity index (χ2v) is 5.32. The number of carboxylic acid groups (broad SMARTS) is 1. The van der Waals surface area contributed by atoms with E-state index in [1.807, 2.05) is 0 Å². The van der Waals surface area contributed by atoms with Gasteiger partial charge in [0.25, 0.3) is 0 Å². The summed E-state index contributed by atoms with van der Waals surface area (Å²) in [4.78, 5) is 22.7. The van der Waals surface area contributed by atoms with Gasteiger partial charge in [0.1, 0.15) is 0 Å². The third-order valence-electron chi connectivity index (χ3n) is 3.07. The first kappa shape index (κ1) is 15.5. The fourth-order valence-electron chi connectivity index (χ4n) is 0.983. The van der Waals surface area contributed by atoms with Crippen molar-refractivity contribution in [1.82, 2.24) is 10.6 Å². The van der Waals surface area contributed by atoms with Crippen LogP contribution in [-0.2, 0) is 4.79 Å². The van der Waals surface area contributed by atoms with E-state index in [-0.39, 0.29) is 0 Å². The van der Waals surface area contributed by atoms with E-state index in [4.69, 9.17) is 5.11 Å². The molecule has 2 amide bonds. The van der Waals surface area contributed by atoms with Gasteiger partial charge >= 0.3 is 12.0 Å². The van der Waals surface area contributed by atoms with E-state index in [0.29, 0.717) is 6.54 Å². The maximum atomic E-state index is 11.6. The van der Waals surface area contributed by atoms with Crippen molar-refractivity contribution in [2.24, 2.45) is 5.41 Å². The molecule has 0 fully saturated rings. The molecule has 0 aliphatic carbocycles. The molecular weight excluding hydrogens is 220 g/mol. The monoisotopic (exact) mass is 242 g/mol. The minimum absolute atomic E-state index is 0.370. The highest BCUT2D eigenvalue weighted by molar-refractivity contribution is 5.79. The molecule has 0 saturated heterocycles.